The first-order valence-electron chi connectivity index (χ1n) is 14.1. The Bertz CT molecular complexity index is 1130. The summed E-state index contributed by atoms with van der Waals surface area (Å²) in [5, 5.41) is 0.978. The number of fused-ring (bicyclic) bond motifs is 5. The summed E-state index contributed by atoms with van der Waals surface area (Å²) >= 11 is 0. The number of unbranched alkanes of at least 4 members (excludes halogenated alkanes) is 4. The largest absolute Gasteiger partial charge is 0.455 e. The summed E-state index contributed by atoms with van der Waals surface area (Å²) in [7, 11) is 0. The van der Waals surface area contributed by atoms with Crippen molar-refractivity contribution in [3.63, 3.8) is 0 Å². The van der Waals surface area contributed by atoms with Gasteiger partial charge in [-0.1, -0.05) is 90.5 Å². The van der Waals surface area contributed by atoms with Crippen molar-refractivity contribution in [2.75, 3.05) is 18.0 Å². The van der Waals surface area contributed by atoms with Gasteiger partial charge in [-0.3, -0.25) is 4.79 Å². The van der Waals surface area contributed by atoms with Crippen LogP contribution in [0.5, 0.6) is 0 Å². The second kappa shape index (κ2) is 11.5. The van der Waals surface area contributed by atoms with E-state index >= 15 is 0 Å². The molecule has 3 heteroatoms. The maximum Gasteiger partial charge on any atom is 0.177 e. The molecule has 0 saturated heterocycles. The standard InChI is InChI=1S/C32H43NO2/c1-5-9-19-32(20-10-6-2)27-16-14-13-15-25(27)30-29(31(32)34)26-18-17-24(23-28(26)35-30)33(21-11-7-3)22-12-8-4/h13-18,23H,5-12,19-22H2,1-4H3. The van der Waals surface area contributed by atoms with Gasteiger partial charge in [-0.15, -0.1) is 0 Å². The Labute approximate surface area is 211 Å². The van der Waals surface area contributed by atoms with Crippen LogP contribution in [0.3, 0.4) is 0 Å². The molecule has 0 radical (unpaired) electrons. The number of carbonyl (C=O) groups excluding carboxylic acids is 1. The first kappa shape index (κ1) is 25.5. The molecule has 3 nitrogen and oxygen atoms in total. The number of anilines is 1. The van der Waals surface area contributed by atoms with E-state index in [4.69, 9.17) is 4.42 Å². The second-order valence-corrected chi connectivity index (χ2v) is 10.3. The molecular weight excluding hydrogens is 430 g/mol. The molecule has 0 spiro atoms. The number of nitrogens with zero attached hydrogens (tertiary/aromatic N) is 1. The van der Waals surface area contributed by atoms with Crippen molar-refractivity contribution in [3.05, 3.63) is 53.6 Å². The molecule has 0 aliphatic heterocycles. The van der Waals surface area contributed by atoms with Crippen LogP contribution in [0.15, 0.2) is 46.9 Å². The number of furan rings is 1. The minimum absolute atomic E-state index is 0.272. The van der Waals surface area contributed by atoms with Crippen molar-refractivity contribution in [3.8, 4) is 11.3 Å². The van der Waals surface area contributed by atoms with E-state index in [0.29, 0.717) is 0 Å². The van der Waals surface area contributed by atoms with Crippen LogP contribution >= 0.6 is 0 Å². The molecule has 188 valence electrons. The molecule has 1 aromatic heterocycles. The Morgan fingerprint density at radius 1 is 0.800 bits per heavy atom. The third-order valence-corrected chi connectivity index (χ3v) is 7.87. The molecule has 1 heterocycles. The van der Waals surface area contributed by atoms with Crippen LogP contribution in [-0.4, -0.2) is 18.9 Å². The Balaban J connectivity index is 1.84. The van der Waals surface area contributed by atoms with Gasteiger partial charge in [0.1, 0.15) is 11.3 Å². The van der Waals surface area contributed by atoms with Gasteiger partial charge in [0.15, 0.2) is 5.78 Å². The van der Waals surface area contributed by atoms with Gasteiger partial charge in [0.05, 0.1) is 11.0 Å². The Morgan fingerprint density at radius 2 is 1.43 bits per heavy atom. The van der Waals surface area contributed by atoms with E-state index in [1.54, 1.807) is 0 Å². The van der Waals surface area contributed by atoms with E-state index in [-0.39, 0.29) is 5.78 Å². The van der Waals surface area contributed by atoms with E-state index in [1.165, 1.54) is 36.9 Å². The smallest absolute Gasteiger partial charge is 0.177 e. The van der Waals surface area contributed by atoms with E-state index in [2.05, 4.69) is 75.1 Å². The number of Topliss-reactive ketones (excluding diaryl/α,β-unsaturated/α-hetero) is 1. The predicted molar refractivity (Wildman–Crippen MR) is 149 cm³/mol. The van der Waals surface area contributed by atoms with E-state index in [1.807, 2.05) is 0 Å². The molecule has 0 amide bonds. The minimum atomic E-state index is -0.445. The van der Waals surface area contributed by atoms with Crippen molar-refractivity contribution in [2.45, 2.75) is 97.3 Å². The molecule has 4 rings (SSSR count). The zero-order valence-corrected chi connectivity index (χ0v) is 22.3. The van der Waals surface area contributed by atoms with Crippen LogP contribution < -0.4 is 4.90 Å². The average Bonchev–Trinajstić information content (AvgIpc) is 3.27. The van der Waals surface area contributed by atoms with Gasteiger partial charge in [-0.05, 0) is 43.4 Å². The maximum atomic E-state index is 14.4. The van der Waals surface area contributed by atoms with Crippen LogP contribution in [0.2, 0.25) is 0 Å². The Morgan fingerprint density at radius 3 is 2.06 bits per heavy atom. The van der Waals surface area contributed by atoms with Gasteiger partial charge < -0.3 is 9.32 Å². The quantitative estimate of drug-likeness (QED) is 0.248. The van der Waals surface area contributed by atoms with E-state index in [0.717, 1.165) is 79.5 Å². The van der Waals surface area contributed by atoms with Gasteiger partial charge in [-0.25, -0.2) is 0 Å². The predicted octanol–water partition coefficient (Wildman–Crippen LogP) is 9.32. The van der Waals surface area contributed by atoms with Crippen LogP contribution in [0.1, 0.15) is 108 Å². The third kappa shape index (κ3) is 4.79. The number of benzene rings is 2. The summed E-state index contributed by atoms with van der Waals surface area (Å²) in [6, 6.07) is 15.0. The average molecular weight is 474 g/mol. The molecule has 0 fully saturated rings. The molecule has 35 heavy (non-hydrogen) atoms. The highest BCUT2D eigenvalue weighted by Gasteiger charge is 2.47. The zero-order chi connectivity index (χ0) is 24.8. The lowest BCUT2D eigenvalue weighted by molar-refractivity contribution is 0.0855. The lowest BCUT2D eigenvalue weighted by atomic mass is 9.63. The second-order valence-electron chi connectivity index (χ2n) is 10.3. The molecule has 1 aliphatic rings. The van der Waals surface area contributed by atoms with E-state index < -0.39 is 5.41 Å². The number of carbonyl (C=O) groups is 1. The van der Waals surface area contributed by atoms with Crippen LogP contribution in [0, 0.1) is 0 Å². The fourth-order valence-electron chi connectivity index (χ4n) is 5.80. The van der Waals surface area contributed by atoms with Gasteiger partial charge in [-0.2, -0.15) is 0 Å². The Kier molecular flexibility index (Phi) is 8.36. The molecule has 0 atom stereocenters. The monoisotopic (exact) mass is 473 g/mol. The highest BCUT2D eigenvalue weighted by molar-refractivity contribution is 6.19. The zero-order valence-electron chi connectivity index (χ0n) is 22.3. The fraction of sp³-hybridized carbons (Fsp3) is 0.531. The van der Waals surface area contributed by atoms with E-state index in [9.17, 15) is 4.79 Å². The van der Waals surface area contributed by atoms with Crippen molar-refractivity contribution >= 4 is 22.4 Å². The molecular formula is C32H43NO2. The topological polar surface area (TPSA) is 33.5 Å². The summed E-state index contributed by atoms with van der Waals surface area (Å²) in [6.07, 6.45) is 10.8. The molecule has 0 N–H and O–H groups in total. The van der Waals surface area contributed by atoms with Crippen molar-refractivity contribution in [1.29, 1.82) is 0 Å². The van der Waals surface area contributed by atoms with Gasteiger partial charge in [0, 0.05) is 35.8 Å². The normalized spacial score (nSPS) is 14.2. The molecule has 1 aliphatic carbocycles. The Hall–Kier alpha value is -2.55. The fourth-order valence-corrected chi connectivity index (χ4v) is 5.80. The first-order valence-corrected chi connectivity index (χ1v) is 14.1. The summed E-state index contributed by atoms with van der Waals surface area (Å²) in [6.45, 7) is 11.0. The highest BCUT2D eigenvalue weighted by atomic mass is 16.3. The molecule has 0 saturated carbocycles. The molecule has 2 aromatic carbocycles. The van der Waals surface area contributed by atoms with Crippen molar-refractivity contribution < 1.29 is 9.21 Å². The number of hydrogen-bond donors (Lipinski definition) is 0. The van der Waals surface area contributed by atoms with Crippen molar-refractivity contribution in [1.82, 2.24) is 0 Å². The minimum Gasteiger partial charge on any atom is -0.455 e. The lowest BCUT2D eigenvalue weighted by Crippen LogP contribution is -2.39. The third-order valence-electron chi connectivity index (χ3n) is 7.87. The summed E-state index contributed by atoms with van der Waals surface area (Å²) in [5.74, 6) is 1.04. The lowest BCUT2D eigenvalue weighted by Gasteiger charge is -2.37. The highest BCUT2D eigenvalue weighted by Crippen LogP contribution is 2.51. The van der Waals surface area contributed by atoms with Crippen LogP contribution in [-0.2, 0) is 5.41 Å². The van der Waals surface area contributed by atoms with Gasteiger partial charge >= 0.3 is 0 Å². The van der Waals surface area contributed by atoms with Crippen LogP contribution in [0.25, 0.3) is 22.3 Å². The summed E-state index contributed by atoms with van der Waals surface area (Å²) in [5.41, 5.74) is 4.70. The number of hydrogen-bond acceptors (Lipinski definition) is 3. The van der Waals surface area contributed by atoms with Crippen LogP contribution in [0.4, 0.5) is 5.69 Å². The van der Waals surface area contributed by atoms with Gasteiger partial charge in [0.2, 0.25) is 0 Å². The molecule has 3 aromatic rings. The number of rotatable bonds is 13. The van der Waals surface area contributed by atoms with Gasteiger partial charge in [0.25, 0.3) is 0 Å². The summed E-state index contributed by atoms with van der Waals surface area (Å²) < 4.78 is 6.54. The van der Waals surface area contributed by atoms with Crippen molar-refractivity contribution in [2.24, 2.45) is 0 Å². The molecule has 0 unspecified atom stereocenters. The SMILES string of the molecule is CCCCN(CCCC)c1ccc2c3c(oc2c1)-c1ccccc1C(CCCC)(CCCC)C3=O. The maximum absolute atomic E-state index is 14.4. The number of ketones is 1. The molecule has 0 bridgehead atoms. The first-order chi connectivity index (χ1) is 17.1. The summed E-state index contributed by atoms with van der Waals surface area (Å²) in [4.78, 5) is 16.9.